The summed E-state index contributed by atoms with van der Waals surface area (Å²) < 4.78 is 33.6. The van der Waals surface area contributed by atoms with E-state index in [9.17, 15) is 13.2 Å². The summed E-state index contributed by atoms with van der Waals surface area (Å²) in [6.45, 7) is 6.71. The second kappa shape index (κ2) is 10.3. The molecule has 35 heavy (non-hydrogen) atoms. The van der Waals surface area contributed by atoms with Crippen LogP contribution in [0.15, 0.2) is 64.1 Å². The minimum absolute atomic E-state index is 0.163. The zero-order valence-corrected chi connectivity index (χ0v) is 21.9. The SMILES string of the molecule is CCCCN(C)S(=O)(=O)c1ccc(C(=O)N(Cc2ccco2)c2nc3c(C)ccc(C)c3s2)cc1. The van der Waals surface area contributed by atoms with Gasteiger partial charge in [-0.25, -0.2) is 17.7 Å². The van der Waals surface area contributed by atoms with Crippen LogP contribution in [0.4, 0.5) is 5.13 Å². The molecule has 184 valence electrons. The number of benzene rings is 2. The third kappa shape index (κ3) is 5.17. The number of unbranched alkanes of at least 4 members (excludes halogenated alkanes) is 1. The summed E-state index contributed by atoms with van der Waals surface area (Å²) in [6, 6.07) is 13.8. The van der Waals surface area contributed by atoms with Gasteiger partial charge in [-0.05, 0) is 67.8 Å². The number of anilines is 1. The van der Waals surface area contributed by atoms with Gasteiger partial charge in [0, 0.05) is 19.2 Å². The lowest BCUT2D eigenvalue weighted by Crippen LogP contribution is -2.30. The third-order valence-electron chi connectivity index (χ3n) is 5.94. The number of aryl methyl sites for hydroxylation is 2. The third-order valence-corrected chi connectivity index (χ3v) is 9.02. The molecule has 0 N–H and O–H groups in total. The number of fused-ring (bicyclic) bond motifs is 1. The van der Waals surface area contributed by atoms with Gasteiger partial charge in [0.15, 0.2) is 5.13 Å². The lowest BCUT2D eigenvalue weighted by molar-refractivity contribution is 0.0983. The number of carbonyl (C=O) groups is 1. The van der Waals surface area contributed by atoms with E-state index in [1.54, 1.807) is 36.4 Å². The lowest BCUT2D eigenvalue weighted by Gasteiger charge is -2.20. The smallest absolute Gasteiger partial charge is 0.260 e. The molecule has 0 bridgehead atoms. The van der Waals surface area contributed by atoms with Gasteiger partial charge in [-0.2, -0.15) is 0 Å². The Balaban J connectivity index is 1.68. The first-order valence-electron chi connectivity index (χ1n) is 11.5. The topological polar surface area (TPSA) is 83.7 Å². The Kier molecular flexibility index (Phi) is 7.39. The molecule has 0 aliphatic carbocycles. The molecule has 0 atom stereocenters. The van der Waals surface area contributed by atoms with Gasteiger partial charge in [0.05, 0.1) is 27.9 Å². The summed E-state index contributed by atoms with van der Waals surface area (Å²) >= 11 is 1.46. The van der Waals surface area contributed by atoms with Crippen LogP contribution in [0, 0.1) is 13.8 Å². The summed E-state index contributed by atoms with van der Waals surface area (Å²) in [7, 11) is -2.04. The Morgan fingerprint density at radius 2 is 1.77 bits per heavy atom. The first-order valence-corrected chi connectivity index (χ1v) is 13.8. The van der Waals surface area contributed by atoms with E-state index in [4.69, 9.17) is 9.40 Å². The zero-order chi connectivity index (χ0) is 25.2. The van der Waals surface area contributed by atoms with Crippen molar-refractivity contribution in [1.82, 2.24) is 9.29 Å². The van der Waals surface area contributed by atoms with Crippen molar-refractivity contribution in [2.45, 2.75) is 45.1 Å². The molecule has 9 heteroatoms. The molecule has 0 aliphatic rings. The van der Waals surface area contributed by atoms with E-state index < -0.39 is 10.0 Å². The van der Waals surface area contributed by atoms with Crippen molar-refractivity contribution in [1.29, 1.82) is 0 Å². The average Bonchev–Trinajstić information content (AvgIpc) is 3.53. The second-order valence-electron chi connectivity index (χ2n) is 8.55. The summed E-state index contributed by atoms with van der Waals surface area (Å²) in [5.41, 5.74) is 3.39. The van der Waals surface area contributed by atoms with Crippen LogP contribution in [0.3, 0.4) is 0 Å². The molecule has 1 amide bonds. The van der Waals surface area contributed by atoms with Crippen molar-refractivity contribution in [2.24, 2.45) is 0 Å². The van der Waals surface area contributed by atoms with Crippen molar-refractivity contribution >= 4 is 42.6 Å². The number of hydrogen-bond donors (Lipinski definition) is 0. The first-order chi connectivity index (χ1) is 16.7. The van der Waals surface area contributed by atoms with E-state index in [2.05, 4.69) is 6.07 Å². The average molecular weight is 512 g/mol. The molecule has 0 aliphatic heterocycles. The summed E-state index contributed by atoms with van der Waals surface area (Å²) in [4.78, 5) is 20.2. The van der Waals surface area contributed by atoms with Gasteiger partial charge in [-0.3, -0.25) is 9.69 Å². The molecule has 2 heterocycles. The molecule has 0 saturated carbocycles. The van der Waals surface area contributed by atoms with E-state index >= 15 is 0 Å². The van der Waals surface area contributed by atoms with Crippen molar-refractivity contribution in [3.8, 4) is 0 Å². The van der Waals surface area contributed by atoms with Crippen molar-refractivity contribution in [3.63, 3.8) is 0 Å². The van der Waals surface area contributed by atoms with E-state index in [0.717, 1.165) is 34.2 Å². The summed E-state index contributed by atoms with van der Waals surface area (Å²) in [5.74, 6) is 0.349. The van der Waals surface area contributed by atoms with Crippen LogP contribution in [0.2, 0.25) is 0 Å². The quantitative estimate of drug-likeness (QED) is 0.285. The number of nitrogens with zero attached hydrogens (tertiary/aromatic N) is 3. The second-order valence-corrected chi connectivity index (χ2v) is 11.6. The van der Waals surface area contributed by atoms with Crippen LogP contribution in [0.1, 0.15) is 47.0 Å². The number of amides is 1. The summed E-state index contributed by atoms with van der Waals surface area (Å²) in [5, 5.41) is 0.565. The van der Waals surface area contributed by atoms with Gasteiger partial charge in [-0.1, -0.05) is 36.8 Å². The maximum Gasteiger partial charge on any atom is 0.260 e. The van der Waals surface area contributed by atoms with Crippen LogP contribution >= 0.6 is 11.3 Å². The van der Waals surface area contributed by atoms with Gasteiger partial charge in [0.1, 0.15) is 5.76 Å². The molecule has 4 rings (SSSR count). The predicted octanol–water partition coefficient (Wildman–Crippen LogP) is 5.77. The standard InChI is InChI=1S/C26H29N3O4S2/c1-5-6-15-28(4)35(31,32)22-13-11-20(12-14-22)25(30)29(17-21-8-7-16-33-21)26-27-23-18(2)9-10-19(3)24(23)34-26/h7-14,16H,5-6,15,17H2,1-4H3. The molecule has 0 fully saturated rings. The van der Waals surface area contributed by atoms with Crippen molar-refractivity contribution < 1.29 is 17.6 Å². The lowest BCUT2D eigenvalue weighted by atomic mass is 10.1. The molecule has 0 saturated heterocycles. The van der Waals surface area contributed by atoms with Crippen LogP contribution in [-0.4, -0.2) is 37.2 Å². The van der Waals surface area contributed by atoms with Gasteiger partial charge < -0.3 is 4.42 Å². The Hall–Kier alpha value is -3.01. The normalized spacial score (nSPS) is 11.9. The minimum Gasteiger partial charge on any atom is -0.467 e. The highest BCUT2D eigenvalue weighted by molar-refractivity contribution is 7.89. The molecule has 2 aromatic carbocycles. The predicted molar refractivity (Wildman–Crippen MR) is 139 cm³/mol. The van der Waals surface area contributed by atoms with E-state index in [-0.39, 0.29) is 17.3 Å². The van der Waals surface area contributed by atoms with Gasteiger partial charge in [-0.15, -0.1) is 0 Å². The van der Waals surface area contributed by atoms with Gasteiger partial charge in [0.2, 0.25) is 10.0 Å². The molecule has 4 aromatic rings. The molecule has 0 radical (unpaired) electrons. The monoisotopic (exact) mass is 511 g/mol. The highest BCUT2D eigenvalue weighted by Crippen LogP contribution is 2.34. The fourth-order valence-corrected chi connectivity index (χ4v) is 6.07. The Morgan fingerprint density at radius 3 is 2.40 bits per heavy atom. The number of hydrogen-bond acceptors (Lipinski definition) is 6. The van der Waals surface area contributed by atoms with Gasteiger partial charge >= 0.3 is 0 Å². The van der Waals surface area contributed by atoms with E-state index in [0.29, 0.717) is 23.0 Å². The van der Waals surface area contributed by atoms with Gasteiger partial charge in [0.25, 0.3) is 5.91 Å². The molecule has 2 aromatic heterocycles. The maximum absolute atomic E-state index is 13.6. The van der Waals surface area contributed by atoms with Crippen LogP contribution in [0.25, 0.3) is 10.2 Å². The van der Waals surface area contributed by atoms with Crippen LogP contribution in [-0.2, 0) is 16.6 Å². The maximum atomic E-state index is 13.6. The largest absolute Gasteiger partial charge is 0.467 e. The fourth-order valence-electron chi connectivity index (χ4n) is 3.75. The van der Waals surface area contributed by atoms with E-state index in [1.807, 2.05) is 32.9 Å². The molecular formula is C26H29N3O4S2. The number of aromatic nitrogens is 1. The molecular weight excluding hydrogens is 482 g/mol. The molecule has 0 spiro atoms. The van der Waals surface area contributed by atoms with Crippen molar-refractivity contribution in [2.75, 3.05) is 18.5 Å². The molecule has 0 unspecified atom stereocenters. The van der Waals surface area contributed by atoms with E-state index in [1.165, 1.54) is 27.8 Å². The highest BCUT2D eigenvalue weighted by Gasteiger charge is 2.25. The number of furan rings is 1. The minimum atomic E-state index is -3.61. The Labute approximate surface area is 210 Å². The van der Waals surface area contributed by atoms with Crippen LogP contribution in [0.5, 0.6) is 0 Å². The fraction of sp³-hybridized carbons (Fsp3) is 0.308. The number of sulfonamides is 1. The zero-order valence-electron chi connectivity index (χ0n) is 20.3. The Bertz CT molecular complexity index is 1390. The number of thiazole rings is 1. The summed E-state index contributed by atoms with van der Waals surface area (Å²) in [6.07, 6.45) is 3.26. The van der Waals surface area contributed by atoms with Crippen molar-refractivity contribution in [3.05, 3.63) is 77.2 Å². The first kappa shape index (κ1) is 25.1. The Morgan fingerprint density at radius 1 is 1.06 bits per heavy atom. The highest BCUT2D eigenvalue weighted by atomic mass is 32.2. The number of rotatable bonds is 9. The number of carbonyl (C=O) groups excluding carboxylic acids is 1. The molecule has 7 nitrogen and oxygen atoms in total. The van der Waals surface area contributed by atoms with Crippen LogP contribution < -0.4 is 4.90 Å².